The Morgan fingerprint density at radius 1 is 0.941 bits per heavy atom. The predicted octanol–water partition coefficient (Wildman–Crippen LogP) is 2.88. The Kier molecular flexibility index (Phi) is 14.4. The second kappa shape index (κ2) is 12.6. The normalized spacial score (nSPS) is 10.6. The standard InChI is InChI=1S/C4H11O4P.C4H10O3P/c1-3-7-9(5,6)8-4-2;1-3-6-8(5)7-4-2/h3-4H2,1-2H3,(H,5,6);3-4H2,1-2H3/q;+1. The summed E-state index contributed by atoms with van der Waals surface area (Å²) < 4.78 is 38.7. The first kappa shape index (κ1) is 19.5. The minimum Gasteiger partial charge on any atom is -0.302 e. The van der Waals surface area contributed by atoms with Crippen LogP contribution in [0.15, 0.2) is 0 Å². The topological polar surface area (TPSA) is 91.3 Å². The van der Waals surface area contributed by atoms with Gasteiger partial charge in [0.05, 0.1) is 13.2 Å². The maximum atomic E-state index is 10.5. The fourth-order valence-corrected chi connectivity index (χ4v) is 1.83. The van der Waals surface area contributed by atoms with Crippen molar-refractivity contribution in [2.75, 3.05) is 26.4 Å². The van der Waals surface area contributed by atoms with Crippen molar-refractivity contribution in [1.82, 2.24) is 0 Å². The van der Waals surface area contributed by atoms with Crippen LogP contribution in [0.4, 0.5) is 0 Å². The minimum absolute atomic E-state index is 0.188. The van der Waals surface area contributed by atoms with Crippen molar-refractivity contribution in [2.45, 2.75) is 27.7 Å². The van der Waals surface area contributed by atoms with Crippen LogP contribution in [-0.4, -0.2) is 31.3 Å². The first-order chi connectivity index (χ1) is 7.93. The number of rotatable bonds is 8. The summed E-state index contributed by atoms with van der Waals surface area (Å²) in [6.07, 6.45) is 0. The molecular weight excluding hydrogens is 270 g/mol. The van der Waals surface area contributed by atoms with Crippen LogP contribution < -0.4 is 0 Å². The zero-order valence-electron chi connectivity index (χ0n) is 10.6. The Bertz CT molecular complexity index is 216. The van der Waals surface area contributed by atoms with Gasteiger partial charge in [0.25, 0.3) is 0 Å². The fourth-order valence-electron chi connectivity index (χ4n) is 0.612. The van der Waals surface area contributed by atoms with E-state index < -0.39 is 16.1 Å². The van der Waals surface area contributed by atoms with E-state index in [0.717, 1.165) is 0 Å². The third kappa shape index (κ3) is 16.1. The van der Waals surface area contributed by atoms with Gasteiger partial charge in [0.1, 0.15) is 13.2 Å². The molecule has 0 aromatic rings. The van der Waals surface area contributed by atoms with E-state index in [1.807, 2.05) is 0 Å². The number of phosphoric ester groups is 1. The first-order valence-electron chi connectivity index (χ1n) is 5.28. The Balaban J connectivity index is 0. The second-order valence-electron chi connectivity index (χ2n) is 2.36. The molecule has 0 aliphatic rings. The molecule has 7 nitrogen and oxygen atoms in total. The Morgan fingerprint density at radius 2 is 1.29 bits per heavy atom. The molecule has 0 saturated carbocycles. The maximum Gasteiger partial charge on any atom is 0.697 e. The monoisotopic (exact) mass is 291 g/mol. The van der Waals surface area contributed by atoms with E-state index in [1.54, 1.807) is 27.7 Å². The van der Waals surface area contributed by atoms with E-state index in [1.165, 1.54) is 0 Å². The van der Waals surface area contributed by atoms with Crippen molar-refractivity contribution < 1.29 is 32.1 Å². The molecule has 0 aromatic carbocycles. The van der Waals surface area contributed by atoms with E-state index in [4.69, 9.17) is 4.89 Å². The van der Waals surface area contributed by atoms with Crippen LogP contribution >= 0.6 is 16.1 Å². The molecule has 0 fully saturated rings. The van der Waals surface area contributed by atoms with Gasteiger partial charge in [-0.25, -0.2) is 4.57 Å². The van der Waals surface area contributed by atoms with Crippen LogP contribution in [-0.2, 0) is 27.2 Å². The molecule has 0 aliphatic heterocycles. The van der Waals surface area contributed by atoms with Crippen molar-refractivity contribution in [1.29, 1.82) is 0 Å². The summed E-state index contributed by atoms with van der Waals surface area (Å²) in [6, 6.07) is 0. The molecule has 9 heteroatoms. The molecule has 0 bridgehead atoms. The highest BCUT2D eigenvalue weighted by atomic mass is 31.2. The number of phosphoric acid groups is 1. The number of hydrogen-bond acceptors (Lipinski definition) is 6. The van der Waals surface area contributed by atoms with Gasteiger partial charge >= 0.3 is 16.1 Å². The Labute approximate surface area is 103 Å². The zero-order chi connectivity index (χ0) is 13.7. The van der Waals surface area contributed by atoms with E-state index in [-0.39, 0.29) is 13.2 Å². The van der Waals surface area contributed by atoms with Gasteiger partial charge in [-0.3, -0.25) is 9.05 Å². The Morgan fingerprint density at radius 3 is 1.53 bits per heavy atom. The van der Waals surface area contributed by atoms with Crippen molar-refractivity contribution in [3.63, 3.8) is 0 Å². The molecule has 0 saturated heterocycles. The minimum atomic E-state index is -3.69. The van der Waals surface area contributed by atoms with Gasteiger partial charge in [0, 0.05) is 4.57 Å². The van der Waals surface area contributed by atoms with Crippen LogP contribution in [0, 0.1) is 0 Å². The summed E-state index contributed by atoms with van der Waals surface area (Å²) in [4.78, 5) is 8.63. The van der Waals surface area contributed by atoms with Gasteiger partial charge < -0.3 is 4.89 Å². The molecule has 0 spiro atoms. The van der Waals surface area contributed by atoms with E-state index >= 15 is 0 Å². The average molecular weight is 291 g/mol. The summed E-state index contributed by atoms with van der Waals surface area (Å²) in [5, 5.41) is 0. The van der Waals surface area contributed by atoms with E-state index in [0.29, 0.717) is 13.2 Å². The van der Waals surface area contributed by atoms with Crippen molar-refractivity contribution in [3.8, 4) is 0 Å². The maximum absolute atomic E-state index is 10.5. The molecule has 1 N–H and O–H groups in total. The molecule has 0 amide bonds. The lowest BCUT2D eigenvalue weighted by atomic mass is 10.9. The molecule has 0 heterocycles. The van der Waals surface area contributed by atoms with Crippen molar-refractivity contribution in [2.24, 2.45) is 0 Å². The summed E-state index contributed by atoms with van der Waals surface area (Å²) >= 11 is 0. The van der Waals surface area contributed by atoms with Gasteiger partial charge in [-0.2, -0.15) is 0 Å². The van der Waals surface area contributed by atoms with Crippen LogP contribution in [0.1, 0.15) is 27.7 Å². The van der Waals surface area contributed by atoms with Gasteiger partial charge in [-0.1, -0.05) is 0 Å². The average Bonchev–Trinajstić information content (AvgIpc) is 2.18. The highest BCUT2D eigenvalue weighted by Crippen LogP contribution is 2.42. The lowest BCUT2D eigenvalue weighted by Crippen LogP contribution is -1.93. The molecule has 0 aliphatic carbocycles. The highest BCUT2D eigenvalue weighted by molar-refractivity contribution is 7.47. The molecular formula is C8H21O7P2+. The zero-order valence-corrected chi connectivity index (χ0v) is 12.4. The van der Waals surface area contributed by atoms with Crippen LogP contribution in [0.25, 0.3) is 0 Å². The van der Waals surface area contributed by atoms with E-state index in [9.17, 15) is 9.13 Å². The lowest BCUT2D eigenvalue weighted by Gasteiger charge is -2.07. The van der Waals surface area contributed by atoms with Crippen LogP contribution in [0.2, 0.25) is 0 Å². The molecule has 0 radical (unpaired) electrons. The quantitative estimate of drug-likeness (QED) is 0.687. The van der Waals surface area contributed by atoms with Gasteiger partial charge in [0.15, 0.2) is 0 Å². The molecule has 104 valence electrons. The van der Waals surface area contributed by atoms with Crippen molar-refractivity contribution in [3.05, 3.63) is 0 Å². The number of hydrogen-bond donors (Lipinski definition) is 1. The molecule has 0 rings (SSSR count). The van der Waals surface area contributed by atoms with Crippen LogP contribution in [0.3, 0.4) is 0 Å². The molecule has 0 atom stereocenters. The third-order valence-electron chi connectivity index (χ3n) is 1.05. The largest absolute Gasteiger partial charge is 0.697 e. The fraction of sp³-hybridized carbons (Fsp3) is 1.00. The molecule has 0 unspecified atom stereocenters. The second-order valence-corrected chi connectivity index (χ2v) is 4.78. The summed E-state index contributed by atoms with van der Waals surface area (Å²) in [6.45, 7) is 8.05. The lowest BCUT2D eigenvalue weighted by molar-refractivity contribution is 0.161. The highest BCUT2D eigenvalue weighted by Gasteiger charge is 2.17. The third-order valence-corrected chi connectivity index (χ3v) is 3.16. The van der Waals surface area contributed by atoms with Crippen LogP contribution in [0.5, 0.6) is 0 Å². The summed E-state index contributed by atoms with van der Waals surface area (Å²) in [7, 11) is -5.52. The van der Waals surface area contributed by atoms with Crippen molar-refractivity contribution >= 4 is 16.1 Å². The van der Waals surface area contributed by atoms with E-state index in [2.05, 4.69) is 18.1 Å². The summed E-state index contributed by atoms with van der Waals surface area (Å²) in [5.41, 5.74) is 0. The van der Waals surface area contributed by atoms with Gasteiger partial charge in [-0.15, -0.1) is 9.05 Å². The SMILES string of the molecule is CCOP(=O)(O)OCC.CCO[P+](=O)OCC. The first-order valence-corrected chi connectivity index (χ1v) is 7.87. The summed E-state index contributed by atoms with van der Waals surface area (Å²) in [5.74, 6) is 0. The van der Waals surface area contributed by atoms with Gasteiger partial charge in [0.2, 0.25) is 0 Å². The molecule has 0 aromatic heterocycles. The van der Waals surface area contributed by atoms with Gasteiger partial charge in [-0.05, 0) is 27.7 Å². The smallest absolute Gasteiger partial charge is 0.302 e. The molecule has 17 heavy (non-hydrogen) atoms. The predicted molar refractivity (Wildman–Crippen MR) is 63.9 cm³/mol. The Hall–Kier alpha value is 0.130.